The highest BCUT2D eigenvalue weighted by molar-refractivity contribution is 8.10. The Bertz CT molecular complexity index is 220. The zero-order valence-electron chi connectivity index (χ0n) is 11.8. The highest BCUT2D eigenvalue weighted by atomic mass is 32.2. The summed E-state index contributed by atoms with van der Waals surface area (Å²) in [6, 6.07) is 0. The van der Waals surface area contributed by atoms with Crippen molar-refractivity contribution in [1.82, 2.24) is 0 Å². The van der Waals surface area contributed by atoms with Crippen LogP contribution in [0, 0.1) is 17.8 Å². The lowest BCUT2D eigenvalue weighted by Gasteiger charge is -2.37. The minimum Gasteiger partial charge on any atom is -0.179 e. The lowest BCUT2D eigenvalue weighted by atomic mass is 9.77. The molecule has 0 heterocycles. The first kappa shape index (κ1) is 17.5. The molecule has 1 aliphatic carbocycles. The highest BCUT2D eigenvalue weighted by Crippen LogP contribution is 2.40. The number of hydrogen-bond acceptors (Lipinski definition) is 4. The largest absolute Gasteiger partial charge is 0.179 e. The van der Waals surface area contributed by atoms with E-state index in [9.17, 15) is 0 Å². The Labute approximate surface area is 133 Å². The molecule has 0 aliphatic heterocycles. The normalized spacial score (nSPS) is 32.2. The maximum atomic E-state index is 4.47. The van der Waals surface area contributed by atoms with Crippen LogP contribution in [0.1, 0.15) is 40.0 Å². The Morgan fingerprint density at radius 3 is 2.61 bits per heavy atom. The average Bonchev–Trinajstić information content (AvgIpc) is 2.35. The first-order valence-electron chi connectivity index (χ1n) is 7.06. The van der Waals surface area contributed by atoms with Gasteiger partial charge in [-0.05, 0) is 55.4 Å². The lowest BCUT2D eigenvalue weighted by Crippen LogP contribution is -2.30. The number of thiol groups is 2. The SMILES string of the molecule is CC(S)SCC(C)C1CCC(C)C(SCCS)C1. The van der Waals surface area contributed by atoms with Crippen molar-refractivity contribution in [1.29, 1.82) is 0 Å². The van der Waals surface area contributed by atoms with Crippen molar-refractivity contribution < 1.29 is 0 Å². The minimum absolute atomic E-state index is 0.476. The molecule has 0 aromatic carbocycles. The second-order valence-electron chi connectivity index (χ2n) is 5.59. The molecular formula is C14H28S4. The van der Waals surface area contributed by atoms with Gasteiger partial charge < -0.3 is 0 Å². The van der Waals surface area contributed by atoms with E-state index in [4.69, 9.17) is 0 Å². The van der Waals surface area contributed by atoms with Crippen molar-refractivity contribution in [3.05, 3.63) is 0 Å². The van der Waals surface area contributed by atoms with E-state index in [1.54, 1.807) is 0 Å². The highest BCUT2D eigenvalue weighted by Gasteiger charge is 2.30. The van der Waals surface area contributed by atoms with Gasteiger partial charge in [-0.1, -0.05) is 13.8 Å². The molecule has 0 N–H and O–H groups in total. The zero-order valence-corrected chi connectivity index (χ0v) is 15.3. The summed E-state index contributed by atoms with van der Waals surface area (Å²) in [4.78, 5) is 0. The molecule has 5 atom stereocenters. The van der Waals surface area contributed by atoms with Crippen LogP contribution >= 0.6 is 48.8 Å². The van der Waals surface area contributed by atoms with Crippen molar-refractivity contribution >= 4 is 48.8 Å². The van der Waals surface area contributed by atoms with E-state index in [1.807, 2.05) is 11.8 Å². The number of hydrogen-bond donors (Lipinski definition) is 2. The summed E-state index contributed by atoms with van der Waals surface area (Å²) in [5.74, 6) is 6.17. The first-order chi connectivity index (χ1) is 8.54. The molecular weight excluding hydrogens is 296 g/mol. The van der Waals surface area contributed by atoms with Crippen molar-refractivity contribution in [3.63, 3.8) is 0 Å². The minimum atomic E-state index is 0.476. The topological polar surface area (TPSA) is 0 Å². The third kappa shape index (κ3) is 6.23. The Balaban J connectivity index is 2.37. The molecule has 0 radical (unpaired) electrons. The summed E-state index contributed by atoms with van der Waals surface area (Å²) in [5.41, 5.74) is 0. The lowest BCUT2D eigenvalue weighted by molar-refractivity contribution is 0.245. The molecule has 1 aliphatic rings. The van der Waals surface area contributed by atoms with E-state index in [2.05, 4.69) is 57.8 Å². The summed E-state index contributed by atoms with van der Waals surface area (Å²) in [6.45, 7) is 7.04. The van der Waals surface area contributed by atoms with Crippen LogP contribution in [0.15, 0.2) is 0 Å². The van der Waals surface area contributed by atoms with Crippen molar-refractivity contribution in [2.75, 3.05) is 17.3 Å². The molecule has 0 nitrogen and oxygen atoms in total. The molecule has 1 fully saturated rings. The maximum absolute atomic E-state index is 4.47. The van der Waals surface area contributed by atoms with Crippen LogP contribution in [-0.4, -0.2) is 27.1 Å². The van der Waals surface area contributed by atoms with E-state index < -0.39 is 0 Å². The van der Waals surface area contributed by atoms with Crippen molar-refractivity contribution in [2.24, 2.45) is 17.8 Å². The molecule has 0 saturated heterocycles. The van der Waals surface area contributed by atoms with Gasteiger partial charge >= 0.3 is 0 Å². The standard InChI is InChI=1S/C14H28S4/c1-10-4-5-13(8-14(10)17-7-6-15)11(2)9-18-12(3)16/h10-16H,4-9H2,1-3H3. The van der Waals surface area contributed by atoms with Gasteiger partial charge in [0.1, 0.15) is 0 Å². The predicted molar refractivity (Wildman–Crippen MR) is 96.7 cm³/mol. The van der Waals surface area contributed by atoms with Gasteiger partial charge in [0.2, 0.25) is 0 Å². The molecule has 1 saturated carbocycles. The van der Waals surface area contributed by atoms with E-state index in [-0.39, 0.29) is 0 Å². The number of rotatable bonds is 7. The summed E-state index contributed by atoms with van der Waals surface area (Å²) in [7, 11) is 0. The van der Waals surface area contributed by atoms with E-state index in [0.717, 1.165) is 28.8 Å². The van der Waals surface area contributed by atoms with Gasteiger partial charge in [-0.2, -0.15) is 37.0 Å². The second-order valence-corrected chi connectivity index (χ2v) is 9.89. The first-order valence-corrected chi connectivity index (χ1v) is 10.3. The quantitative estimate of drug-likeness (QED) is 0.494. The molecule has 0 bridgehead atoms. The average molecular weight is 325 g/mol. The third-order valence-corrected chi connectivity index (χ3v) is 7.69. The Kier molecular flexibility index (Phi) is 9.07. The number of thioether (sulfide) groups is 2. The summed E-state index contributed by atoms with van der Waals surface area (Å²) < 4.78 is 0.476. The molecule has 18 heavy (non-hydrogen) atoms. The predicted octanol–water partition coefficient (Wildman–Crippen LogP) is 5.10. The van der Waals surface area contributed by atoms with Crippen molar-refractivity contribution in [2.45, 2.75) is 49.9 Å². The molecule has 1 rings (SSSR count). The van der Waals surface area contributed by atoms with Gasteiger partial charge in [0, 0.05) is 15.6 Å². The Hall–Kier alpha value is 1.40. The van der Waals surface area contributed by atoms with Gasteiger partial charge in [0.25, 0.3) is 0 Å². The van der Waals surface area contributed by atoms with Crippen LogP contribution < -0.4 is 0 Å². The summed E-state index contributed by atoms with van der Waals surface area (Å²) >= 11 is 13.0. The molecule has 0 aromatic heterocycles. The van der Waals surface area contributed by atoms with Crippen LogP contribution in [0.4, 0.5) is 0 Å². The molecule has 108 valence electrons. The monoisotopic (exact) mass is 324 g/mol. The summed E-state index contributed by atoms with van der Waals surface area (Å²) in [6.07, 6.45) is 4.27. The maximum Gasteiger partial charge on any atom is 0.0444 e. The molecule has 5 unspecified atom stereocenters. The van der Waals surface area contributed by atoms with Gasteiger partial charge in [-0.15, -0.1) is 11.8 Å². The third-order valence-electron chi connectivity index (χ3n) is 3.99. The Morgan fingerprint density at radius 2 is 2.00 bits per heavy atom. The molecule has 0 aromatic rings. The smallest absolute Gasteiger partial charge is 0.0444 e. The fourth-order valence-electron chi connectivity index (χ4n) is 2.69. The molecule has 0 spiro atoms. The molecule has 4 heteroatoms. The van der Waals surface area contributed by atoms with E-state index in [1.165, 1.54) is 30.8 Å². The van der Waals surface area contributed by atoms with Gasteiger partial charge in [0.15, 0.2) is 0 Å². The fraction of sp³-hybridized carbons (Fsp3) is 1.00. The van der Waals surface area contributed by atoms with Crippen LogP contribution in [-0.2, 0) is 0 Å². The van der Waals surface area contributed by atoms with Crippen LogP contribution in [0.5, 0.6) is 0 Å². The molecule has 0 amide bonds. The van der Waals surface area contributed by atoms with E-state index in [0.29, 0.717) is 4.58 Å². The second kappa shape index (κ2) is 9.36. The van der Waals surface area contributed by atoms with Crippen LogP contribution in [0.3, 0.4) is 0 Å². The van der Waals surface area contributed by atoms with Gasteiger partial charge in [0.05, 0.1) is 0 Å². The van der Waals surface area contributed by atoms with Gasteiger partial charge in [-0.3, -0.25) is 0 Å². The zero-order chi connectivity index (χ0) is 13.5. The summed E-state index contributed by atoms with van der Waals surface area (Å²) in [5, 5.41) is 0.872. The van der Waals surface area contributed by atoms with Crippen LogP contribution in [0.2, 0.25) is 0 Å². The van der Waals surface area contributed by atoms with Crippen LogP contribution in [0.25, 0.3) is 0 Å². The Morgan fingerprint density at radius 1 is 1.28 bits per heavy atom. The fourth-order valence-corrected chi connectivity index (χ4v) is 5.38. The van der Waals surface area contributed by atoms with E-state index >= 15 is 0 Å². The van der Waals surface area contributed by atoms with Gasteiger partial charge in [-0.25, -0.2) is 0 Å². The van der Waals surface area contributed by atoms with Crippen molar-refractivity contribution in [3.8, 4) is 0 Å².